The quantitative estimate of drug-likeness (QED) is 0.841. The molecule has 0 saturated carbocycles. The maximum atomic E-state index is 12.9. The van der Waals surface area contributed by atoms with Crippen molar-refractivity contribution in [1.82, 2.24) is 10.2 Å². The van der Waals surface area contributed by atoms with Crippen molar-refractivity contribution in [1.29, 1.82) is 0 Å². The number of hydrogen-bond acceptors (Lipinski definition) is 3. The summed E-state index contributed by atoms with van der Waals surface area (Å²) in [7, 11) is 3.32. The van der Waals surface area contributed by atoms with Gasteiger partial charge in [-0.15, -0.1) is 0 Å². The van der Waals surface area contributed by atoms with E-state index in [-0.39, 0.29) is 29.4 Å². The minimum atomic E-state index is -0.274. The predicted molar refractivity (Wildman–Crippen MR) is 97.0 cm³/mol. The fourth-order valence-corrected chi connectivity index (χ4v) is 2.78. The minimum absolute atomic E-state index is 0.0803. The molecule has 134 valence electrons. The second-order valence-electron chi connectivity index (χ2n) is 6.58. The lowest BCUT2D eigenvalue weighted by atomic mass is 9.88. The van der Waals surface area contributed by atoms with Crippen LogP contribution in [0.1, 0.15) is 35.7 Å². The molecule has 0 unspecified atom stereocenters. The van der Waals surface area contributed by atoms with E-state index in [1.807, 2.05) is 30.3 Å². The number of rotatable bonds is 7. The zero-order valence-electron chi connectivity index (χ0n) is 15.3. The SMILES string of the molecule is CNC(=O)c1ccc(CN(C)C(=O)[C@@H](Cc2ccccc2)C(C)C)o1. The number of nitrogens with zero attached hydrogens (tertiary/aromatic N) is 1. The lowest BCUT2D eigenvalue weighted by molar-refractivity contribution is -0.136. The molecule has 5 heteroatoms. The van der Waals surface area contributed by atoms with E-state index >= 15 is 0 Å². The van der Waals surface area contributed by atoms with Crippen LogP contribution in [0.5, 0.6) is 0 Å². The number of benzene rings is 1. The average molecular weight is 342 g/mol. The Kier molecular flexibility index (Phi) is 6.39. The van der Waals surface area contributed by atoms with Crippen molar-refractivity contribution in [2.45, 2.75) is 26.8 Å². The highest BCUT2D eigenvalue weighted by molar-refractivity contribution is 5.91. The molecule has 0 bridgehead atoms. The van der Waals surface area contributed by atoms with E-state index in [1.165, 1.54) is 0 Å². The van der Waals surface area contributed by atoms with Crippen LogP contribution in [-0.2, 0) is 17.8 Å². The molecule has 25 heavy (non-hydrogen) atoms. The van der Waals surface area contributed by atoms with E-state index in [9.17, 15) is 9.59 Å². The van der Waals surface area contributed by atoms with Crippen molar-refractivity contribution in [3.8, 4) is 0 Å². The smallest absolute Gasteiger partial charge is 0.286 e. The molecular weight excluding hydrogens is 316 g/mol. The van der Waals surface area contributed by atoms with Gasteiger partial charge in [0, 0.05) is 20.0 Å². The van der Waals surface area contributed by atoms with Gasteiger partial charge in [0.05, 0.1) is 6.54 Å². The molecule has 1 heterocycles. The van der Waals surface area contributed by atoms with E-state index in [0.717, 1.165) is 5.56 Å². The molecule has 0 radical (unpaired) electrons. The standard InChI is InChI=1S/C20H26N2O3/c1-14(2)17(12-15-8-6-5-7-9-15)20(24)22(4)13-16-10-11-18(25-16)19(23)21-3/h5-11,14,17H,12-13H2,1-4H3,(H,21,23)/t17-/m0/s1. The van der Waals surface area contributed by atoms with Crippen LogP contribution in [0, 0.1) is 11.8 Å². The van der Waals surface area contributed by atoms with Crippen LogP contribution in [0.3, 0.4) is 0 Å². The van der Waals surface area contributed by atoms with Crippen molar-refractivity contribution in [2.24, 2.45) is 11.8 Å². The van der Waals surface area contributed by atoms with Gasteiger partial charge in [0.1, 0.15) is 5.76 Å². The summed E-state index contributed by atoms with van der Waals surface area (Å²) in [6.07, 6.45) is 0.712. The van der Waals surface area contributed by atoms with E-state index in [4.69, 9.17) is 4.42 Å². The first-order valence-corrected chi connectivity index (χ1v) is 8.52. The molecule has 0 aliphatic rings. The molecular formula is C20H26N2O3. The van der Waals surface area contributed by atoms with Gasteiger partial charge in [0.25, 0.3) is 5.91 Å². The molecule has 1 atom stereocenters. The largest absolute Gasteiger partial charge is 0.454 e. The van der Waals surface area contributed by atoms with Crippen molar-refractivity contribution in [3.05, 3.63) is 59.5 Å². The van der Waals surface area contributed by atoms with Gasteiger partial charge in [-0.25, -0.2) is 0 Å². The van der Waals surface area contributed by atoms with Crippen LogP contribution in [0.2, 0.25) is 0 Å². The van der Waals surface area contributed by atoms with E-state index < -0.39 is 0 Å². The Balaban J connectivity index is 2.05. The predicted octanol–water partition coefficient (Wildman–Crippen LogP) is 3.11. The highest BCUT2D eigenvalue weighted by atomic mass is 16.4. The van der Waals surface area contributed by atoms with Gasteiger partial charge in [-0.05, 0) is 30.0 Å². The molecule has 1 aromatic heterocycles. The molecule has 0 fully saturated rings. The first kappa shape index (κ1) is 18.8. The number of hydrogen-bond donors (Lipinski definition) is 1. The summed E-state index contributed by atoms with van der Waals surface area (Å²) in [6.45, 7) is 4.47. The lowest BCUT2D eigenvalue weighted by Crippen LogP contribution is -2.36. The van der Waals surface area contributed by atoms with E-state index in [0.29, 0.717) is 18.7 Å². The Morgan fingerprint density at radius 2 is 1.80 bits per heavy atom. The summed E-state index contributed by atoms with van der Waals surface area (Å²) in [4.78, 5) is 26.1. The van der Waals surface area contributed by atoms with Gasteiger partial charge in [0.15, 0.2) is 5.76 Å². The molecule has 0 aliphatic heterocycles. The normalized spacial score (nSPS) is 12.0. The van der Waals surface area contributed by atoms with Crippen molar-refractivity contribution >= 4 is 11.8 Å². The number of nitrogens with one attached hydrogen (secondary N) is 1. The summed E-state index contributed by atoms with van der Waals surface area (Å²) in [6, 6.07) is 13.4. The van der Waals surface area contributed by atoms with Crippen molar-refractivity contribution < 1.29 is 14.0 Å². The van der Waals surface area contributed by atoms with E-state index in [2.05, 4.69) is 19.2 Å². The maximum absolute atomic E-state index is 12.9. The van der Waals surface area contributed by atoms with Crippen LogP contribution in [0.15, 0.2) is 46.9 Å². The molecule has 0 aliphatic carbocycles. The Morgan fingerprint density at radius 3 is 2.40 bits per heavy atom. The van der Waals surface area contributed by atoms with Gasteiger partial charge in [-0.1, -0.05) is 44.2 Å². The molecule has 1 N–H and O–H groups in total. The third kappa shape index (κ3) is 4.95. The summed E-state index contributed by atoms with van der Waals surface area (Å²) in [5.74, 6) is 0.787. The average Bonchev–Trinajstić information content (AvgIpc) is 3.07. The second kappa shape index (κ2) is 8.51. The Morgan fingerprint density at radius 1 is 1.12 bits per heavy atom. The monoisotopic (exact) mass is 342 g/mol. The van der Waals surface area contributed by atoms with Gasteiger partial charge in [-0.2, -0.15) is 0 Å². The lowest BCUT2D eigenvalue weighted by Gasteiger charge is -2.26. The van der Waals surface area contributed by atoms with Crippen LogP contribution in [0.25, 0.3) is 0 Å². The topological polar surface area (TPSA) is 62.6 Å². The molecule has 2 rings (SSSR count). The van der Waals surface area contributed by atoms with E-state index in [1.54, 1.807) is 31.1 Å². The highest BCUT2D eigenvalue weighted by Gasteiger charge is 2.26. The minimum Gasteiger partial charge on any atom is -0.454 e. The maximum Gasteiger partial charge on any atom is 0.286 e. The molecule has 2 amide bonds. The van der Waals surface area contributed by atoms with Gasteiger partial charge in [-0.3, -0.25) is 9.59 Å². The van der Waals surface area contributed by atoms with Gasteiger partial charge < -0.3 is 14.6 Å². The number of carbonyl (C=O) groups is 2. The Hall–Kier alpha value is -2.56. The van der Waals surface area contributed by atoms with Gasteiger partial charge >= 0.3 is 0 Å². The zero-order valence-corrected chi connectivity index (χ0v) is 15.3. The fourth-order valence-electron chi connectivity index (χ4n) is 2.78. The van der Waals surface area contributed by atoms with Gasteiger partial charge in [0.2, 0.25) is 5.91 Å². The molecule has 5 nitrogen and oxygen atoms in total. The first-order chi connectivity index (χ1) is 11.9. The van der Waals surface area contributed by atoms with Crippen LogP contribution in [0.4, 0.5) is 0 Å². The fraction of sp³-hybridized carbons (Fsp3) is 0.400. The second-order valence-corrected chi connectivity index (χ2v) is 6.58. The Bertz CT molecular complexity index is 707. The third-order valence-electron chi connectivity index (χ3n) is 4.30. The Labute approximate surface area is 149 Å². The van der Waals surface area contributed by atoms with Crippen LogP contribution < -0.4 is 5.32 Å². The molecule has 2 aromatic rings. The number of furan rings is 1. The summed E-state index contributed by atoms with van der Waals surface area (Å²) >= 11 is 0. The molecule has 1 aromatic carbocycles. The third-order valence-corrected chi connectivity index (χ3v) is 4.30. The molecule has 0 spiro atoms. The van der Waals surface area contributed by atoms with Crippen molar-refractivity contribution in [2.75, 3.05) is 14.1 Å². The van der Waals surface area contributed by atoms with Crippen LogP contribution >= 0.6 is 0 Å². The summed E-state index contributed by atoms with van der Waals surface area (Å²) in [5, 5.41) is 2.52. The first-order valence-electron chi connectivity index (χ1n) is 8.52. The highest BCUT2D eigenvalue weighted by Crippen LogP contribution is 2.21. The number of amides is 2. The number of carbonyl (C=O) groups excluding carboxylic acids is 2. The summed E-state index contributed by atoms with van der Waals surface area (Å²) < 4.78 is 5.51. The summed E-state index contributed by atoms with van der Waals surface area (Å²) in [5.41, 5.74) is 1.16. The van der Waals surface area contributed by atoms with Crippen LogP contribution in [-0.4, -0.2) is 30.8 Å². The molecule has 0 saturated heterocycles. The van der Waals surface area contributed by atoms with Crippen molar-refractivity contribution in [3.63, 3.8) is 0 Å². The zero-order chi connectivity index (χ0) is 18.4.